The molecule has 0 radical (unpaired) electrons. The molecule has 0 saturated carbocycles. The smallest absolute Gasteiger partial charge is 0.271 e. The minimum atomic E-state index is -0.980. The van der Waals surface area contributed by atoms with Crippen LogP contribution in [0.1, 0.15) is 94.7 Å². The molecule has 9 rings (SSSR count). The second kappa shape index (κ2) is 15.6. The number of primary amides is 1. The summed E-state index contributed by atoms with van der Waals surface area (Å²) < 4.78 is 4.30. The van der Waals surface area contributed by atoms with Gasteiger partial charge < -0.3 is 30.7 Å². The third-order valence-corrected chi connectivity index (χ3v) is 14.1. The minimum absolute atomic E-state index is 0.0676. The number of nitrogens with two attached hydrogens (primary N) is 1. The molecule has 4 N–H and O–H groups in total. The highest BCUT2D eigenvalue weighted by molar-refractivity contribution is 7.10. The van der Waals surface area contributed by atoms with Gasteiger partial charge in [0, 0.05) is 57.4 Å². The van der Waals surface area contributed by atoms with Gasteiger partial charge in [-0.05, 0) is 113 Å². The van der Waals surface area contributed by atoms with Crippen molar-refractivity contribution in [2.75, 3.05) is 67.5 Å². The Morgan fingerprint density at radius 2 is 1.69 bits per heavy atom. The lowest BCUT2D eigenvalue weighted by molar-refractivity contribution is -0.140. The van der Waals surface area contributed by atoms with Crippen molar-refractivity contribution in [3.8, 4) is 0 Å². The van der Waals surface area contributed by atoms with E-state index in [0.29, 0.717) is 35.2 Å². The van der Waals surface area contributed by atoms with Crippen LogP contribution in [0, 0.1) is 18.3 Å². The monoisotopic (exact) mass is 823 g/mol. The van der Waals surface area contributed by atoms with E-state index in [9.17, 15) is 28.8 Å². The first-order valence-corrected chi connectivity index (χ1v) is 21.5. The summed E-state index contributed by atoms with van der Waals surface area (Å²) in [6.07, 6.45) is 8.26. The number of nitrogens with zero attached hydrogens (tertiary/aromatic N) is 8. The maximum absolute atomic E-state index is 14.2. The zero-order valence-corrected chi connectivity index (χ0v) is 34.0. The summed E-state index contributed by atoms with van der Waals surface area (Å²) in [5, 5.41) is 6.16. The molecule has 1 spiro atoms. The number of hydrogen-bond acceptors (Lipinski definition) is 14. The number of fused-ring (bicyclic) bond motifs is 1. The van der Waals surface area contributed by atoms with E-state index >= 15 is 0 Å². The Morgan fingerprint density at radius 3 is 2.42 bits per heavy atom. The summed E-state index contributed by atoms with van der Waals surface area (Å²) in [5.74, 6) is -0.911. The number of nitrogens with one attached hydrogen (secondary N) is 2. The van der Waals surface area contributed by atoms with E-state index in [4.69, 9.17) is 10.7 Å². The maximum atomic E-state index is 14.2. The fourth-order valence-corrected chi connectivity index (χ4v) is 10.6. The van der Waals surface area contributed by atoms with Gasteiger partial charge in [-0.25, -0.2) is 9.97 Å². The van der Waals surface area contributed by atoms with E-state index in [-0.39, 0.29) is 35.9 Å². The molecule has 6 amide bonds. The van der Waals surface area contributed by atoms with Gasteiger partial charge in [-0.1, -0.05) is 0 Å². The first-order chi connectivity index (χ1) is 28.5. The van der Waals surface area contributed by atoms with Crippen molar-refractivity contribution in [2.24, 2.45) is 17.1 Å². The number of carbonyl (C=O) groups is 6. The first kappa shape index (κ1) is 39.0. The predicted molar refractivity (Wildman–Crippen MR) is 218 cm³/mol. The van der Waals surface area contributed by atoms with Crippen LogP contribution in [0.25, 0.3) is 0 Å². The highest BCUT2D eigenvalue weighted by Crippen LogP contribution is 2.44. The molecule has 6 aliphatic heterocycles. The van der Waals surface area contributed by atoms with Gasteiger partial charge in [0.2, 0.25) is 17.7 Å². The number of likely N-dealkylation sites (tertiary alicyclic amines) is 2. The van der Waals surface area contributed by atoms with E-state index < -0.39 is 35.6 Å². The number of rotatable bonds is 9. The molecule has 18 heteroatoms. The van der Waals surface area contributed by atoms with Crippen molar-refractivity contribution in [1.82, 2.24) is 34.4 Å². The van der Waals surface area contributed by atoms with E-state index in [1.165, 1.54) is 11.5 Å². The Hall–Kier alpha value is -5.49. The number of piperidine rings is 4. The number of anilines is 4. The molecule has 1 unspecified atom stereocenters. The summed E-state index contributed by atoms with van der Waals surface area (Å²) in [6.45, 7) is 8.54. The molecule has 0 aliphatic carbocycles. The van der Waals surface area contributed by atoms with Crippen LogP contribution in [0.5, 0.6) is 0 Å². The zero-order valence-electron chi connectivity index (χ0n) is 33.2. The first-order valence-electron chi connectivity index (χ1n) is 20.7. The van der Waals surface area contributed by atoms with Gasteiger partial charge in [0.05, 0.1) is 28.4 Å². The van der Waals surface area contributed by atoms with Crippen LogP contribution in [0.2, 0.25) is 0 Å². The standard InChI is InChI=1S/C41H49N11O6S/c1-24-19-33(59-47-24)46-36-34(35(42)54)43-21-31(44-36)50-13-2-3-27(23-50)51-18-12-41(40(51)58)10-16-48(17-11-41)22-25-8-14-49(15-9-25)26-4-5-28-29(20-26)39(57)52(38(28)56)30-6-7-32(53)45-37(30)55/h4-5,19-21,25,27,30H,2-3,6-18,22-23H2,1H3,(H2,42,54)(H,44,46)(H,45,53,55)/t27-,30?/m1/s1. The number of benzene rings is 1. The number of carbonyl (C=O) groups excluding carboxylic acids is 6. The number of aromatic nitrogens is 3. The highest BCUT2D eigenvalue weighted by Gasteiger charge is 2.50. The Balaban J connectivity index is 0.764. The third-order valence-electron chi connectivity index (χ3n) is 13.3. The van der Waals surface area contributed by atoms with Gasteiger partial charge in [-0.2, -0.15) is 4.37 Å². The van der Waals surface area contributed by atoms with Crippen molar-refractivity contribution in [2.45, 2.75) is 76.8 Å². The largest absolute Gasteiger partial charge is 0.371 e. The molecule has 17 nitrogen and oxygen atoms in total. The second-order valence-corrected chi connectivity index (χ2v) is 17.7. The van der Waals surface area contributed by atoms with Gasteiger partial charge in [0.15, 0.2) is 11.5 Å². The lowest BCUT2D eigenvalue weighted by Crippen LogP contribution is -2.54. The quantitative estimate of drug-likeness (QED) is 0.266. The van der Waals surface area contributed by atoms with Crippen LogP contribution in [0.3, 0.4) is 0 Å². The fourth-order valence-electron chi connectivity index (χ4n) is 9.97. The van der Waals surface area contributed by atoms with Crippen LogP contribution in [-0.2, 0) is 14.4 Å². The number of hydrogen-bond donors (Lipinski definition) is 3. The van der Waals surface area contributed by atoms with Crippen molar-refractivity contribution in [1.29, 1.82) is 0 Å². The van der Waals surface area contributed by atoms with E-state index in [1.807, 2.05) is 19.1 Å². The molecule has 1 aromatic carbocycles. The topological polar surface area (TPSA) is 207 Å². The fraction of sp³-hybridized carbons (Fsp3) is 0.537. The van der Waals surface area contributed by atoms with E-state index in [1.54, 1.807) is 18.3 Å². The molecular weight excluding hydrogens is 775 g/mol. The SMILES string of the molecule is Cc1cc(Nc2nc(N3CCC[C@@H](N4CCC5(CCN(CC6CCN(c7ccc8c(c7)C(=O)N(C7CCC(=O)NC7=O)C8=O)CC6)CC5)C4=O)C3)cnc2C(N)=O)sn1. The molecule has 59 heavy (non-hydrogen) atoms. The number of imide groups is 2. The maximum Gasteiger partial charge on any atom is 0.271 e. The summed E-state index contributed by atoms with van der Waals surface area (Å²) in [5.41, 5.74) is 7.72. The van der Waals surface area contributed by atoms with Gasteiger partial charge in [-0.3, -0.25) is 39.0 Å². The van der Waals surface area contributed by atoms with Crippen LogP contribution in [-0.4, -0.2) is 129 Å². The molecule has 5 fully saturated rings. The summed E-state index contributed by atoms with van der Waals surface area (Å²) in [4.78, 5) is 96.3. The van der Waals surface area contributed by atoms with Crippen molar-refractivity contribution in [3.05, 3.63) is 53.0 Å². The molecule has 8 heterocycles. The number of amides is 6. The summed E-state index contributed by atoms with van der Waals surface area (Å²) >= 11 is 1.27. The van der Waals surface area contributed by atoms with E-state index in [0.717, 1.165) is 112 Å². The third kappa shape index (κ3) is 7.40. The molecule has 2 aromatic heterocycles. The molecule has 310 valence electrons. The van der Waals surface area contributed by atoms with Crippen molar-refractivity contribution < 1.29 is 28.8 Å². The van der Waals surface area contributed by atoms with E-state index in [2.05, 4.69) is 39.6 Å². The Labute approximate surface area is 345 Å². The minimum Gasteiger partial charge on any atom is -0.371 e. The molecule has 0 bridgehead atoms. The molecule has 2 atom stereocenters. The van der Waals surface area contributed by atoms with Crippen LogP contribution < -0.4 is 26.2 Å². The van der Waals surface area contributed by atoms with Crippen LogP contribution in [0.15, 0.2) is 30.5 Å². The van der Waals surface area contributed by atoms with Crippen molar-refractivity contribution in [3.63, 3.8) is 0 Å². The Bertz CT molecular complexity index is 2210. The lowest BCUT2D eigenvalue weighted by atomic mass is 9.76. The Kier molecular flexibility index (Phi) is 10.3. The second-order valence-electron chi connectivity index (χ2n) is 16.9. The summed E-state index contributed by atoms with van der Waals surface area (Å²) in [6, 6.07) is 6.31. The Morgan fingerprint density at radius 1 is 0.932 bits per heavy atom. The average Bonchev–Trinajstić information content (AvgIpc) is 3.87. The van der Waals surface area contributed by atoms with Gasteiger partial charge in [0.25, 0.3) is 17.7 Å². The molecule has 5 saturated heterocycles. The van der Waals surface area contributed by atoms with Gasteiger partial charge >= 0.3 is 0 Å². The van der Waals surface area contributed by atoms with Gasteiger partial charge in [0.1, 0.15) is 16.9 Å². The normalized spacial score (nSPS) is 24.0. The molecule has 3 aromatic rings. The van der Waals surface area contributed by atoms with Crippen LogP contribution >= 0.6 is 11.5 Å². The van der Waals surface area contributed by atoms with Crippen LogP contribution in [0.4, 0.5) is 22.3 Å². The average molecular weight is 824 g/mol. The zero-order chi connectivity index (χ0) is 41.0. The lowest BCUT2D eigenvalue weighted by Gasteiger charge is -2.42. The predicted octanol–water partition coefficient (Wildman–Crippen LogP) is 2.69. The summed E-state index contributed by atoms with van der Waals surface area (Å²) in [7, 11) is 0. The number of aryl methyl sites for hydroxylation is 1. The highest BCUT2D eigenvalue weighted by atomic mass is 32.1. The van der Waals surface area contributed by atoms with Crippen molar-refractivity contribution >= 4 is 69.3 Å². The molecule has 6 aliphatic rings. The van der Waals surface area contributed by atoms with Gasteiger partial charge in [-0.15, -0.1) is 0 Å². The molecular formula is C41H49N11O6S.